The third kappa shape index (κ3) is 3.81. The second kappa shape index (κ2) is 8.06. The van der Waals surface area contributed by atoms with Crippen molar-refractivity contribution in [3.05, 3.63) is 82.9 Å². The average Bonchev–Trinajstić information content (AvgIpc) is 3.34. The number of hydrogen-bond donors (Lipinski definition) is 0. The van der Waals surface area contributed by atoms with Gasteiger partial charge in [-0.25, -0.2) is 0 Å². The van der Waals surface area contributed by atoms with Crippen molar-refractivity contribution in [1.29, 1.82) is 0 Å². The van der Waals surface area contributed by atoms with Gasteiger partial charge >= 0.3 is 0 Å². The maximum atomic E-state index is 12.9. The lowest BCUT2D eigenvalue weighted by atomic mass is 10.1. The van der Waals surface area contributed by atoms with Gasteiger partial charge in [0.2, 0.25) is 0 Å². The first-order valence-electron chi connectivity index (χ1n) is 9.84. The first kappa shape index (κ1) is 19.8. The summed E-state index contributed by atoms with van der Waals surface area (Å²) in [6.45, 7) is 6.07. The molecule has 1 amide bonds. The Morgan fingerprint density at radius 2 is 1.87 bits per heavy atom. The van der Waals surface area contributed by atoms with E-state index in [9.17, 15) is 4.79 Å². The molecule has 0 fully saturated rings. The number of fused-ring (bicyclic) bond motifs is 1. The Morgan fingerprint density at radius 1 is 1.13 bits per heavy atom. The van der Waals surface area contributed by atoms with E-state index >= 15 is 0 Å². The van der Waals surface area contributed by atoms with Gasteiger partial charge in [-0.2, -0.15) is 0 Å². The van der Waals surface area contributed by atoms with Crippen LogP contribution in [0.3, 0.4) is 0 Å². The zero-order valence-corrected chi connectivity index (χ0v) is 17.5. The standard InChI is InChI=1S/C24H24N2O4/c1-15-21(17(3)30-25-15)14-28-20-11-9-18(10-12-20)24(27)26(4)16(2)23-13-19-7-5-6-8-22(19)29-23/h5-13,16H,14H2,1-4H3. The first-order valence-corrected chi connectivity index (χ1v) is 9.84. The van der Waals surface area contributed by atoms with Gasteiger partial charge in [0.1, 0.15) is 29.5 Å². The van der Waals surface area contributed by atoms with Crippen molar-refractivity contribution in [1.82, 2.24) is 10.1 Å². The van der Waals surface area contributed by atoms with Crippen LogP contribution in [0.15, 0.2) is 63.5 Å². The molecule has 0 radical (unpaired) electrons. The lowest BCUT2D eigenvalue weighted by Gasteiger charge is -2.23. The van der Waals surface area contributed by atoms with Crippen molar-refractivity contribution in [3.8, 4) is 5.75 Å². The maximum Gasteiger partial charge on any atom is 0.254 e. The number of rotatable bonds is 6. The molecule has 154 valence electrons. The number of carbonyl (C=O) groups is 1. The Labute approximate surface area is 175 Å². The lowest BCUT2D eigenvalue weighted by Crippen LogP contribution is -2.29. The highest BCUT2D eigenvalue weighted by molar-refractivity contribution is 5.94. The van der Waals surface area contributed by atoms with Crippen LogP contribution in [0.2, 0.25) is 0 Å². The number of hydrogen-bond acceptors (Lipinski definition) is 5. The van der Waals surface area contributed by atoms with E-state index in [1.165, 1.54) is 0 Å². The second-order valence-electron chi connectivity index (χ2n) is 7.39. The summed E-state index contributed by atoms with van der Waals surface area (Å²) in [7, 11) is 1.78. The third-order valence-electron chi connectivity index (χ3n) is 5.42. The monoisotopic (exact) mass is 404 g/mol. The van der Waals surface area contributed by atoms with Gasteiger partial charge in [-0.1, -0.05) is 23.4 Å². The molecule has 2 heterocycles. The Bertz CT molecular complexity index is 1120. The van der Waals surface area contributed by atoms with Crippen LogP contribution in [0.25, 0.3) is 11.0 Å². The van der Waals surface area contributed by atoms with Crippen LogP contribution < -0.4 is 4.74 Å². The molecule has 4 aromatic rings. The zero-order valence-electron chi connectivity index (χ0n) is 17.5. The minimum Gasteiger partial charge on any atom is -0.489 e. The molecule has 6 heteroatoms. The van der Waals surface area contributed by atoms with Crippen LogP contribution in [0.1, 0.15) is 46.1 Å². The van der Waals surface area contributed by atoms with Crippen molar-refractivity contribution in [2.75, 3.05) is 7.05 Å². The van der Waals surface area contributed by atoms with Gasteiger partial charge in [-0.05, 0) is 57.2 Å². The molecular formula is C24H24N2O4. The van der Waals surface area contributed by atoms with E-state index < -0.39 is 0 Å². The molecule has 0 N–H and O–H groups in total. The van der Waals surface area contributed by atoms with E-state index in [2.05, 4.69) is 5.16 Å². The predicted octanol–water partition coefficient (Wildman–Crippen LogP) is 5.45. The molecule has 4 rings (SSSR count). The Kier molecular flexibility index (Phi) is 5.31. The molecule has 1 atom stereocenters. The number of furan rings is 1. The molecule has 1 unspecified atom stereocenters. The highest BCUT2D eigenvalue weighted by Gasteiger charge is 2.22. The fraction of sp³-hybridized carbons (Fsp3) is 0.250. The van der Waals surface area contributed by atoms with E-state index in [4.69, 9.17) is 13.7 Å². The normalized spacial score (nSPS) is 12.1. The third-order valence-corrected chi connectivity index (χ3v) is 5.42. The highest BCUT2D eigenvalue weighted by Crippen LogP contribution is 2.28. The number of aromatic nitrogens is 1. The Hall–Kier alpha value is -3.54. The summed E-state index contributed by atoms with van der Waals surface area (Å²) in [5, 5.41) is 4.96. The van der Waals surface area contributed by atoms with Crippen LogP contribution in [0, 0.1) is 13.8 Å². The molecule has 6 nitrogen and oxygen atoms in total. The summed E-state index contributed by atoms with van der Waals surface area (Å²) in [6, 6.07) is 16.7. The summed E-state index contributed by atoms with van der Waals surface area (Å²) >= 11 is 0. The molecule has 0 aliphatic carbocycles. The minimum atomic E-state index is -0.194. The van der Waals surface area contributed by atoms with Crippen molar-refractivity contribution < 1.29 is 18.5 Å². The number of amides is 1. The number of para-hydroxylation sites is 1. The number of nitrogens with zero attached hydrogens (tertiary/aromatic N) is 2. The van der Waals surface area contributed by atoms with Gasteiger partial charge in [0.15, 0.2) is 0 Å². The van der Waals surface area contributed by atoms with E-state index in [1.54, 1.807) is 36.2 Å². The van der Waals surface area contributed by atoms with Crippen LogP contribution in [-0.2, 0) is 6.61 Å². The molecule has 0 saturated heterocycles. The molecule has 0 aliphatic rings. The van der Waals surface area contributed by atoms with Crippen molar-refractivity contribution in [2.24, 2.45) is 0 Å². The van der Waals surface area contributed by atoms with Crippen LogP contribution in [0.5, 0.6) is 5.75 Å². The SMILES string of the molecule is Cc1noc(C)c1COc1ccc(C(=O)N(C)C(C)c2cc3ccccc3o2)cc1. The Morgan fingerprint density at radius 3 is 2.53 bits per heavy atom. The number of carbonyl (C=O) groups excluding carboxylic acids is 1. The molecule has 2 aromatic heterocycles. The quantitative estimate of drug-likeness (QED) is 0.427. The van der Waals surface area contributed by atoms with Gasteiger partial charge in [0.25, 0.3) is 5.91 Å². The number of benzene rings is 2. The second-order valence-corrected chi connectivity index (χ2v) is 7.39. The fourth-order valence-corrected chi connectivity index (χ4v) is 3.34. The molecule has 0 aliphatic heterocycles. The van der Waals surface area contributed by atoms with E-state index in [0.717, 1.165) is 33.7 Å². The first-order chi connectivity index (χ1) is 14.4. The molecule has 0 spiro atoms. The van der Waals surface area contributed by atoms with Crippen LogP contribution in [-0.4, -0.2) is 23.0 Å². The van der Waals surface area contributed by atoms with Crippen LogP contribution in [0.4, 0.5) is 0 Å². The van der Waals surface area contributed by atoms with Gasteiger partial charge < -0.3 is 18.6 Å². The summed E-state index contributed by atoms with van der Waals surface area (Å²) in [6.07, 6.45) is 0. The number of aryl methyl sites for hydroxylation is 2. The largest absolute Gasteiger partial charge is 0.489 e. The molecular weight excluding hydrogens is 380 g/mol. The number of ether oxygens (including phenoxy) is 1. The minimum absolute atomic E-state index is 0.0831. The van der Waals surface area contributed by atoms with Gasteiger partial charge in [-0.3, -0.25) is 4.79 Å². The average molecular weight is 404 g/mol. The van der Waals surface area contributed by atoms with Crippen molar-refractivity contribution >= 4 is 16.9 Å². The summed E-state index contributed by atoms with van der Waals surface area (Å²) in [5.74, 6) is 2.10. The molecule has 0 bridgehead atoms. The highest BCUT2D eigenvalue weighted by atomic mass is 16.5. The summed E-state index contributed by atoms with van der Waals surface area (Å²) in [5.41, 5.74) is 3.17. The molecule has 30 heavy (non-hydrogen) atoms. The fourth-order valence-electron chi connectivity index (χ4n) is 3.34. The predicted molar refractivity (Wildman–Crippen MR) is 113 cm³/mol. The van der Waals surface area contributed by atoms with Gasteiger partial charge in [0.05, 0.1) is 17.3 Å². The topological polar surface area (TPSA) is 68.7 Å². The van der Waals surface area contributed by atoms with Crippen molar-refractivity contribution in [3.63, 3.8) is 0 Å². The van der Waals surface area contributed by atoms with Gasteiger partial charge in [0, 0.05) is 18.0 Å². The maximum absolute atomic E-state index is 12.9. The molecule has 0 saturated carbocycles. The smallest absolute Gasteiger partial charge is 0.254 e. The van der Waals surface area contributed by atoms with Crippen molar-refractivity contribution in [2.45, 2.75) is 33.4 Å². The van der Waals surface area contributed by atoms with E-state index in [-0.39, 0.29) is 11.9 Å². The summed E-state index contributed by atoms with van der Waals surface area (Å²) < 4.78 is 16.9. The summed E-state index contributed by atoms with van der Waals surface area (Å²) in [4.78, 5) is 14.6. The molecule has 2 aromatic carbocycles. The Balaban J connectivity index is 1.43. The van der Waals surface area contributed by atoms with E-state index in [0.29, 0.717) is 17.9 Å². The van der Waals surface area contributed by atoms with E-state index in [1.807, 2.05) is 51.1 Å². The van der Waals surface area contributed by atoms with Crippen LogP contribution >= 0.6 is 0 Å². The zero-order chi connectivity index (χ0) is 21.3. The lowest BCUT2D eigenvalue weighted by molar-refractivity contribution is 0.0727. The van der Waals surface area contributed by atoms with Gasteiger partial charge in [-0.15, -0.1) is 0 Å².